The van der Waals surface area contributed by atoms with Crippen LogP contribution in [-0.2, 0) is 9.59 Å². The van der Waals surface area contributed by atoms with Gasteiger partial charge in [-0.05, 0) is 37.6 Å². The molecule has 0 bridgehead atoms. The Morgan fingerprint density at radius 3 is 2.69 bits per heavy atom. The van der Waals surface area contributed by atoms with Gasteiger partial charge in [-0.25, -0.2) is 8.78 Å². The fourth-order valence-corrected chi connectivity index (χ4v) is 4.06. The monoisotopic (exact) mass is 399 g/mol. The van der Waals surface area contributed by atoms with E-state index in [0.29, 0.717) is 30.2 Å². The molecule has 0 aromatic heterocycles. The van der Waals surface area contributed by atoms with E-state index in [1.54, 1.807) is 29.2 Å². The first-order valence-electron chi connectivity index (χ1n) is 9.30. The molecular weight excluding hydrogens is 380 g/mol. The van der Waals surface area contributed by atoms with E-state index in [9.17, 15) is 23.2 Å². The van der Waals surface area contributed by atoms with E-state index in [1.165, 1.54) is 4.90 Å². The van der Waals surface area contributed by atoms with Gasteiger partial charge >= 0.3 is 0 Å². The topological polar surface area (TPSA) is 69.7 Å². The number of hydrogen-bond acceptors (Lipinski definition) is 3. The quantitative estimate of drug-likeness (QED) is 0.858. The number of amides is 3. The molecule has 1 N–H and O–H groups in total. The number of carbonyl (C=O) groups is 3. The minimum Gasteiger partial charge on any atom is -0.324 e. The van der Waals surface area contributed by atoms with Gasteiger partial charge in [0, 0.05) is 25.5 Å². The first-order chi connectivity index (χ1) is 13.8. The molecule has 2 aliphatic rings. The van der Waals surface area contributed by atoms with Gasteiger partial charge in [-0.3, -0.25) is 19.3 Å². The predicted molar refractivity (Wildman–Crippen MR) is 102 cm³/mol. The lowest BCUT2D eigenvalue weighted by Crippen LogP contribution is -2.62. The number of hydrogen-bond donors (Lipinski definition) is 1. The van der Waals surface area contributed by atoms with Crippen LogP contribution in [0.2, 0.25) is 0 Å². The minimum absolute atomic E-state index is 0.0576. The summed E-state index contributed by atoms with van der Waals surface area (Å²) >= 11 is 0. The van der Waals surface area contributed by atoms with Gasteiger partial charge in [0.15, 0.2) is 0 Å². The lowest BCUT2D eigenvalue weighted by Gasteiger charge is -2.48. The van der Waals surface area contributed by atoms with Crippen LogP contribution in [0.4, 0.5) is 20.2 Å². The number of para-hydroxylation sites is 1. The lowest BCUT2D eigenvalue weighted by molar-refractivity contribution is -0.117. The number of nitrogens with one attached hydrogen (secondary N) is 1. The van der Waals surface area contributed by atoms with Crippen LogP contribution in [0, 0.1) is 11.6 Å². The summed E-state index contributed by atoms with van der Waals surface area (Å²) in [5, 5.41) is 2.39. The van der Waals surface area contributed by atoms with Crippen LogP contribution in [0.15, 0.2) is 42.5 Å². The Morgan fingerprint density at radius 2 is 1.93 bits per heavy atom. The number of benzene rings is 2. The van der Waals surface area contributed by atoms with Crippen molar-refractivity contribution in [1.29, 1.82) is 0 Å². The van der Waals surface area contributed by atoms with E-state index >= 15 is 0 Å². The highest BCUT2D eigenvalue weighted by atomic mass is 19.1. The highest BCUT2D eigenvalue weighted by Crippen LogP contribution is 2.43. The average Bonchev–Trinajstić information content (AvgIpc) is 2.99. The van der Waals surface area contributed by atoms with Crippen molar-refractivity contribution in [2.45, 2.75) is 31.8 Å². The van der Waals surface area contributed by atoms with Gasteiger partial charge in [0.05, 0.1) is 16.9 Å². The van der Waals surface area contributed by atoms with Crippen LogP contribution < -0.4 is 10.2 Å². The van der Waals surface area contributed by atoms with Crippen molar-refractivity contribution in [3.05, 3.63) is 59.7 Å². The molecule has 150 valence electrons. The molecule has 2 aromatic rings. The molecule has 0 spiro atoms. The molecule has 1 saturated heterocycles. The molecule has 1 atom stereocenters. The van der Waals surface area contributed by atoms with Crippen molar-refractivity contribution < 1.29 is 23.2 Å². The van der Waals surface area contributed by atoms with Gasteiger partial charge in [-0.2, -0.15) is 0 Å². The third-order valence-electron chi connectivity index (χ3n) is 5.51. The summed E-state index contributed by atoms with van der Waals surface area (Å²) in [4.78, 5) is 41.1. The molecule has 1 fully saturated rings. The second-order valence-electron chi connectivity index (χ2n) is 7.34. The van der Waals surface area contributed by atoms with Gasteiger partial charge in [0.2, 0.25) is 11.8 Å². The van der Waals surface area contributed by atoms with Crippen molar-refractivity contribution in [2.24, 2.45) is 0 Å². The minimum atomic E-state index is -0.874. The molecule has 2 aliphatic heterocycles. The van der Waals surface area contributed by atoms with Crippen LogP contribution >= 0.6 is 0 Å². The summed E-state index contributed by atoms with van der Waals surface area (Å²) in [5.74, 6) is -2.45. The maximum absolute atomic E-state index is 13.7. The van der Waals surface area contributed by atoms with Crippen LogP contribution in [-0.4, -0.2) is 34.8 Å². The molecule has 29 heavy (non-hydrogen) atoms. The van der Waals surface area contributed by atoms with E-state index in [2.05, 4.69) is 5.32 Å². The van der Waals surface area contributed by atoms with Crippen molar-refractivity contribution >= 4 is 29.1 Å². The van der Waals surface area contributed by atoms with Crippen molar-refractivity contribution in [3.8, 4) is 0 Å². The fourth-order valence-electron chi connectivity index (χ4n) is 4.06. The molecule has 0 aliphatic carbocycles. The molecule has 0 radical (unpaired) electrons. The number of carbonyl (C=O) groups excluding carboxylic acids is 3. The molecule has 8 heteroatoms. The second kappa shape index (κ2) is 6.95. The molecule has 1 unspecified atom stereocenters. The van der Waals surface area contributed by atoms with Crippen molar-refractivity contribution in [3.63, 3.8) is 0 Å². The normalized spacial score (nSPS) is 20.5. The zero-order chi connectivity index (χ0) is 20.8. The fraction of sp³-hybridized carbons (Fsp3) is 0.286. The van der Waals surface area contributed by atoms with E-state index < -0.39 is 23.2 Å². The number of nitrogens with zero attached hydrogens (tertiary/aromatic N) is 2. The van der Waals surface area contributed by atoms with Gasteiger partial charge < -0.3 is 10.2 Å². The first kappa shape index (κ1) is 19.0. The SMILES string of the molecule is CC12CCC(=O)N1c1ccccc1C(=O)N2CCC(=O)Nc1ccc(F)cc1F. The predicted octanol–water partition coefficient (Wildman–Crippen LogP) is 3.29. The Kier molecular flexibility index (Phi) is 4.56. The molecule has 2 aromatic carbocycles. The van der Waals surface area contributed by atoms with Crippen molar-refractivity contribution in [1.82, 2.24) is 4.90 Å². The Bertz CT molecular complexity index is 1030. The number of halogens is 2. The summed E-state index contributed by atoms with van der Waals surface area (Å²) in [6.45, 7) is 1.87. The standard InChI is InChI=1S/C21H19F2N3O3/c1-21-10-8-19(28)26(21)17-5-3-2-4-14(17)20(29)25(21)11-9-18(27)24-16-7-6-13(22)12-15(16)23/h2-7,12H,8-11H2,1H3,(H,24,27). The second-order valence-corrected chi connectivity index (χ2v) is 7.34. The smallest absolute Gasteiger partial charge is 0.257 e. The van der Waals surface area contributed by atoms with Crippen LogP contribution in [0.3, 0.4) is 0 Å². The van der Waals surface area contributed by atoms with Crippen molar-refractivity contribution in [2.75, 3.05) is 16.8 Å². The highest BCUT2D eigenvalue weighted by Gasteiger charge is 2.52. The summed E-state index contributed by atoms with van der Waals surface area (Å²) < 4.78 is 26.8. The molecule has 3 amide bonds. The summed E-state index contributed by atoms with van der Waals surface area (Å²) in [5.41, 5.74) is 0.00148. The number of rotatable bonds is 4. The van der Waals surface area contributed by atoms with Gasteiger partial charge in [-0.15, -0.1) is 0 Å². The Hall–Kier alpha value is -3.29. The maximum Gasteiger partial charge on any atom is 0.257 e. The molecule has 0 saturated carbocycles. The van der Waals surface area contributed by atoms with Gasteiger partial charge in [0.25, 0.3) is 5.91 Å². The largest absolute Gasteiger partial charge is 0.324 e. The van der Waals surface area contributed by atoms with Crippen LogP contribution in [0.25, 0.3) is 0 Å². The summed E-state index contributed by atoms with van der Waals surface area (Å²) in [7, 11) is 0. The van der Waals surface area contributed by atoms with E-state index in [4.69, 9.17) is 0 Å². The molecular formula is C21H19F2N3O3. The Labute approximate surface area is 166 Å². The van der Waals surface area contributed by atoms with Gasteiger partial charge in [0.1, 0.15) is 17.3 Å². The Balaban J connectivity index is 1.54. The number of anilines is 2. The summed E-state index contributed by atoms with van der Waals surface area (Å²) in [6, 6.07) is 9.78. The van der Waals surface area contributed by atoms with E-state index in [-0.39, 0.29) is 30.5 Å². The molecule has 6 nitrogen and oxygen atoms in total. The van der Waals surface area contributed by atoms with Crippen LogP contribution in [0.1, 0.15) is 36.5 Å². The van der Waals surface area contributed by atoms with E-state index in [0.717, 1.165) is 12.1 Å². The lowest BCUT2D eigenvalue weighted by atomic mass is 9.98. The zero-order valence-electron chi connectivity index (χ0n) is 15.7. The third-order valence-corrected chi connectivity index (χ3v) is 5.51. The maximum atomic E-state index is 13.7. The Morgan fingerprint density at radius 1 is 1.17 bits per heavy atom. The third kappa shape index (κ3) is 3.14. The molecule has 2 heterocycles. The molecule has 4 rings (SSSR count). The summed E-state index contributed by atoms with van der Waals surface area (Å²) in [6.07, 6.45) is 0.671. The highest BCUT2D eigenvalue weighted by molar-refractivity contribution is 6.10. The van der Waals surface area contributed by atoms with Crippen LogP contribution in [0.5, 0.6) is 0 Å². The van der Waals surface area contributed by atoms with E-state index in [1.807, 2.05) is 6.92 Å². The van der Waals surface area contributed by atoms with Gasteiger partial charge in [-0.1, -0.05) is 12.1 Å². The average molecular weight is 399 g/mol. The number of fused-ring (bicyclic) bond motifs is 3. The zero-order valence-corrected chi connectivity index (χ0v) is 15.7. The first-order valence-corrected chi connectivity index (χ1v) is 9.30.